The van der Waals surface area contributed by atoms with E-state index >= 15 is 0 Å². The number of nitrogens with one attached hydrogen (secondary N) is 1. The van der Waals surface area contributed by atoms with Gasteiger partial charge in [-0.05, 0) is 45.4 Å². The van der Waals surface area contributed by atoms with E-state index in [9.17, 15) is 9.59 Å². The first-order valence-electron chi connectivity index (χ1n) is 9.34. The average molecular weight is 347 g/mol. The first-order chi connectivity index (χ1) is 12.0. The Labute approximate surface area is 149 Å². The molecule has 1 atom stereocenters. The molecule has 0 bridgehead atoms. The number of rotatable bonds is 5. The van der Waals surface area contributed by atoms with Gasteiger partial charge in [0.15, 0.2) is 5.82 Å². The summed E-state index contributed by atoms with van der Waals surface area (Å²) in [7, 11) is 1.83. The highest BCUT2D eigenvalue weighted by Crippen LogP contribution is 2.28. The largest absolute Gasteiger partial charge is 0.326 e. The Morgan fingerprint density at radius 2 is 2.12 bits per heavy atom. The standard InChI is InChI=1S/C18H29N5O2/c1-13(2)23(12-14-6-4-7-14)18(25)19-15-8-5-10-22(17(15)24)16-9-11-21(3)20-16/h9,11,13-15H,4-8,10,12H2,1-3H3,(H,19,25)/t15-/m1/s1. The third kappa shape index (κ3) is 3.96. The van der Waals surface area contributed by atoms with Gasteiger partial charge in [0.25, 0.3) is 5.91 Å². The highest BCUT2D eigenvalue weighted by atomic mass is 16.2. The van der Waals surface area contributed by atoms with E-state index in [4.69, 9.17) is 0 Å². The normalized spacial score (nSPS) is 21.4. The molecule has 25 heavy (non-hydrogen) atoms. The molecule has 1 N–H and O–H groups in total. The van der Waals surface area contributed by atoms with Crippen molar-refractivity contribution >= 4 is 17.8 Å². The summed E-state index contributed by atoms with van der Waals surface area (Å²) in [5.74, 6) is 1.20. The van der Waals surface area contributed by atoms with E-state index in [2.05, 4.69) is 10.4 Å². The fourth-order valence-corrected chi connectivity index (χ4v) is 3.50. The molecule has 1 aromatic rings. The molecule has 1 aromatic heterocycles. The number of aromatic nitrogens is 2. The number of carbonyl (C=O) groups excluding carboxylic acids is 2. The molecule has 0 unspecified atom stereocenters. The molecule has 0 spiro atoms. The molecule has 0 aromatic carbocycles. The molecule has 1 aliphatic heterocycles. The van der Waals surface area contributed by atoms with Crippen LogP contribution in [0, 0.1) is 5.92 Å². The van der Waals surface area contributed by atoms with E-state index in [0.717, 1.165) is 13.0 Å². The molecule has 3 rings (SSSR count). The van der Waals surface area contributed by atoms with Crippen molar-refractivity contribution in [1.29, 1.82) is 0 Å². The average Bonchev–Trinajstić information content (AvgIpc) is 2.94. The molecule has 1 aliphatic carbocycles. The number of hydrogen-bond donors (Lipinski definition) is 1. The summed E-state index contributed by atoms with van der Waals surface area (Å²) >= 11 is 0. The number of hydrogen-bond acceptors (Lipinski definition) is 3. The first kappa shape index (κ1) is 17.8. The van der Waals surface area contributed by atoms with Gasteiger partial charge in [-0.1, -0.05) is 6.42 Å². The number of urea groups is 1. The summed E-state index contributed by atoms with van der Waals surface area (Å²) in [6, 6.07) is 1.37. The third-order valence-electron chi connectivity index (χ3n) is 5.28. The van der Waals surface area contributed by atoms with E-state index in [1.54, 1.807) is 9.58 Å². The summed E-state index contributed by atoms with van der Waals surface area (Å²) in [5.41, 5.74) is 0. The maximum Gasteiger partial charge on any atom is 0.318 e. The minimum atomic E-state index is -0.467. The number of anilines is 1. The predicted octanol–water partition coefficient (Wildman–Crippen LogP) is 2.14. The molecule has 3 amide bonds. The van der Waals surface area contributed by atoms with Gasteiger partial charge >= 0.3 is 6.03 Å². The summed E-state index contributed by atoms with van der Waals surface area (Å²) in [5, 5.41) is 7.29. The van der Waals surface area contributed by atoms with E-state index in [1.807, 2.05) is 38.1 Å². The molecular weight excluding hydrogens is 318 g/mol. The molecule has 7 nitrogen and oxygen atoms in total. The Kier molecular flexibility index (Phi) is 5.30. The number of piperidine rings is 1. The van der Waals surface area contributed by atoms with Crippen molar-refractivity contribution in [2.75, 3.05) is 18.0 Å². The molecule has 1 saturated carbocycles. The van der Waals surface area contributed by atoms with Gasteiger partial charge in [-0.15, -0.1) is 0 Å². The second-order valence-electron chi connectivity index (χ2n) is 7.52. The Morgan fingerprint density at radius 3 is 2.68 bits per heavy atom. The summed E-state index contributed by atoms with van der Waals surface area (Å²) < 4.78 is 1.68. The monoisotopic (exact) mass is 347 g/mol. The van der Waals surface area contributed by atoms with Gasteiger partial charge in [-0.25, -0.2) is 4.79 Å². The zero-order valence-electron chi connectivity index (χ0n) is 15.4. The fraction of sp³-hybridized carbons (Fsp3) is 0.722. The van der Waals surface area contributed by atoms with Gasteiger partial charge in [0.1, 0.15) is 6.04 Å². The van der Waals surface area contributed by atoms with Crippen molar-refractivity contribution in [1.82, 2.24) is 20.0 Å². The molecule has 0 radical (unpaired) electrons. The Hall–Kier alpha value is -2.05. The summed E-state index contributed by atoms with van der Waals surface area (Å²) in [6.45, 7) is 5.49. The van der Waals surface area contributed by atoms with Crippen LogP contribution in [0.25, 0.3) is 0 Å². The SMILES string of the molecule is CC(C)N(CC1CCC1)C(=O)N[C@@H]1CCCN(c2ccn(C)n2)C1=O. The van der Waals surface area contributed by atoms with Crippen LogP contribution < -0.4 is 10.2 Å². The minimum Gasteiger partial charge on any atom is -0.326 e. The van der Waals surface area contributed by atoms with Crippen LogP contribution >= 0.6 is 0 Å². The number of nitrogens with zero attached hydrogens (tertiary/aromatic N) is 4. The van der Waals surface area contributed by atoms with Crippen LogP contribution in [-0.4, -0.2) is 51.8 Å². The van der Waals surface area contributed by atoms with Gasteiger partial charge in [0.05, 0.1) is 0 Å². The topological polar surface area (TPSA) is 70.5 Å². The van der Waals surface area contributed by atoms with Crippen LogP contribution in [0.5, 0.6) is 0 Å². The number of aryl methyl sites for hydroxylation is 1. The fourth-order valence-electron chi connectivity index (χ4n) is 3.50. The van der Waals surface area contributed by atoms with E-state index < -0.39 is 6.04 Å². The summed E-state index contributed by atoms with van der Waals surface area (Å²) in [4.78, 5) is 29.1. The lowest BCUT2D eigenvalue weighted by Crippen LogP contribution is -2.57. The third-order valence-corrected chi connectivity index (χ3v) is 5.28. The highest BCUT2D eigenvalue weighted by Gasteiger charge is 2.34. The van der Waals surface area contributed by atoms with Crippen LogP contribution in [0.3, 0.4) is 0 Å². The lowest BCUT2D eigenvalue weighted by atomic mass is 9.85. The van der Waals surface area contributed by atoms with E-state index in [-0.39, 0.29) is 18.0 Å². The molecule has 2 heterocycles. The molecule has 2 fully saturated rings. The van der Waals surface area contributed by atoms with E-state index in [1.165, 1.54) is 19.3 Å². The molecule has 7 heteroatoms. The molecular formula is C18H29N5O2. The van der Waals surface area contributed by atoms with Crippen LogP contribution in [0.4, 0.5) is 10.6 Å². The molecule has 138 valence electrons. The smallest absolute Gasteiger partial charge is 0.318 e. The number of carbonyl (C=O) groups is 2. The Bertz CT molecular complexity index is 623. The zero-order chi connectivity index (χ0) is 18.0. The maximum atomic E-state index is 12.8. The van der Waals surface area contributed by atoms with Crippen molar-refractivity contribution in [3.05, 3.63) is 12.3 Å². The lowest BCUT2D eigenvalue weighted by Gasteiger charge is -2.37. The maximum absolute atomic E-state index is 12.8. The van der Waals surface area contributed by atoms with Gasteiger partial charge in [0.2, 0.25) is 0 Å². The lowest BCUT2D eigenvalue weighted by molar-refractivity contribution is -0.121. The van der Waals surface area contributed by atoms with Gasteiger partial charge < -0.3 is 10.2 Å². The molecule has 2 aliphatic rings. The van der Waals surface area contributed by atoms with Crippen molar-refractivity contribution in [2.24, 2.45) is 13.0 Å². The highest BCUT2D eigenvalue weighted by molar-refractivity contribution is 5.99. The Morgan fingerprint density at radius 1 is 1.36 bits per heavy atom. The van der Waals surface area contributed by atoms with Gasteiger partial charge in [-0.3, -0.25) is 14.4 Å². The quantitative estimate of drug-likeness (QED) is 0.887. The van der Waals surface area contributed by atoms with Gasteiger partial charge in [0, 0.05) is 38.4 Å². The van der Waals surface area contributed by atoms with Crippen molar-refractivity contribution in [2.45, 2.75) is 58.0 Å². The zero-order valence-corrected chi connectivity index (χ0v) is 15.4. The van der Waals surface area contributed by atoms with Crippen LogP contribution in [0.2, 0.25) is 0 Å². The van der Waals surface area contributed by atoms with Gasteiger partial charge in [-0.2, -0.15) is 5.10 Å². The van der Waals surface area contributed by atoms with Crippen LogP contribution in [0.15, 0.2) is 12.3 Å². The van der Waals surface area contributed by atoms with E-state index in [0.29, 0.717) is 24.7 Å². The van der Waals surface area contributed by atoms with Crippen molar-refractivity contribution < 1.29 is 9.59 Å². The predicted molar refractivity (Wildman–Crippen MR) is 96.3 cm³/mol. The first-order valence-corrected chi connectivity index (χ1v) is 9.34. The second kappa shape index (κ2) is 7.45. The van der Waals surface area contributed by atoms with Crippen LogP contribution in [-0.2, 0) is 11.8 Å². The number of amides is 3. The summed E-state index contributed by atoms with van der Waals surface area (Å²) in [6.07, 6.45) is 7.03. The second-order valence-corrected chi connectivity index (χ2v) is 7.52. The molecule has 1 saturated heterocycles. The van der Waals surface area contributed by atoms with Crippen molar-refractivity contribution in [3.8, 4) is 0 Å². The minimum absolute atomic E-state index is 0.0642. The Balaban J connectivity index is 1.63. The van der Waals surface area contributed by atoms with Crippen LogP contribution in [0.1, 0.15) is 46.0 Å². The van der Waals surface area contributed by atoms with Crippen molar-refractivity contribution in [3.63, 3.8) is 0 Å².